The van der Waals surface area contributed by atoms with Crippen LogP contribution in [-0.2, 0) is 13.0 Å². The second-order valence-corrected chi connectivity index (χ2v) is 6.39. The van der Waals surface area contributed by atoms with Crippen molar-refractivity contribution in [2.45, 2.75) is 45.2 Å². The van der Waals surface area contributed by atoms with E-state index in [1.54, 1.807) is 24.3 Å². The van der Waals surface area contributed by atoms with E-state index >= 15 is 0 Å². The number of nitrogens with zero attached hydrogens (tertiary/aromatic N) is 3. The average molecular weight is 319 g/mol. The Morgan fingerprint density at radius 3 is 2.73 bits per heavy atom. The molecule has 116 valence electrons. The summed E-state index contributed by atoms with van der Waals surface area (Å²) >= 11 is 5.85. The van der Waals surface area contributed by atoms with Crippen molar-refractivity contribution >= 4 is 17.5 Å². The van der Waals surface area contributed by atoms with Gasteiger partial charge in [-0.25, -0.2) is 0 Å². The molecule has 6 heteroatoms. The third-order valence-corrected chi connectivity index (χ3v) is 4.19. The van der Waals surface area contributed by atoms with E-state index < -0.39 is 0 Å². The summed E-state index contributed by atoms with van der Waals surface area (Å²) in [7, 11) is 0. The molecule has 0 spiro atoms. The number of hydrogen-bond acceptors (Lipinski definition) is 3. The lowest BCUT2D eigenvalue weighted by atomic mass is 10.1. The number of benzene rings is 1. The first-order chi connectivity index (χ1) is 10.5. The molecule has 1 aromatic heterocycles. The summed E-state index contributed by atoms with van der Waals surface area (Å²) in [6, 6.07) is 7.04. The van der Waals surface area contributed by atoms with Gasteiger partial charge in [0.15, 0.2) is 0 Å². The summed E-state index contributed by atoms with van der Waals surface area (Å²) < 4.78 is 2.14. The van der Waals surface area contributed by atoms with E-state index in [-0.39, 0.29) is 11.9 Å². The fourth-order valence-corrected chi connectivity index (χ4v) is 2.89. The summed E-state index contributed by atoms with van der Waals surface area (Å²) in [6.45, 7) is 4.94. The number of halogens is 1. The van der Waals surface area contributed by atoms with Gasteiger partial charge in [0.25, 0.3) is 5.91 Å². The van der Waals surface area contributed by atoms with Gasteiger partial charge in [0.2, 0.25) is 0 Å². The van der Waals surface area contributed by atoms with Crippen molar-refractivity contribution < 1.29 is 4.79 Å². The monoisotopic (exact) mass is 318 g/mol. The Bertz CT molecular complexity index is 678. The van der Waals surface area contributed by atoms with Crippen LogP contribution in [0.4, 0.5) is 0 Å². The van der Waals surface area contributed by atoms with E-state index in [0.29, 0.717) is 16.5 Å². The standard InChI is InChI=1S/C16H19ClN4O/c1-10(2)15-20-19-14-8-7-13(9-21(14)15)18-16(22)11-3-5-12(17)6-4-11/h3-6,10,13H,7-9H2,1-2H3,(H,18,22)/t13-/m1/s1. The number of carbonyl (C=O) groups excluding carboxylic acids is 1. The summed E-state index contributed by atoms with van der Waals surface area (Å²) in [5, 5.41) is 12.2. The third kappa shape index (κ3) is 2.99. The van der Waals surface area contributed by atoms with Gasteiger partial charge in [0.05, 0.1) is 0 Å². The zero-order valence-corrected chi connectivity index (χ0v) is 13.5. The number of amides is 1. The van der Waals surface area contributed by atoms with Crippen LogP contribution in [0.3, 0.4) is 0 Å². The topological polar surface area (TPSA) is 59.8 Å². The van der Waals surface area contributed by atoms with Gasteiger partial charge >= 0.3 is 0 Å². The molecular formula is C16H19ClN4O. The van der Waals surface area contributed by atoms with Crippen molar-refractivity contribution in [1.82, 2.24) is 20.1 Å². The molecule has 0 fully saturated rings. The summed E-state index contributed by atoms with van der Waals surface area (Å²) in [6.07, 6.45) is 1.72. The molecule has 2 aromatic rings. The fraction of sp³-hybridized carbons (Fsp3) is 0.438. The minimum Gasteiger partial charge on any atom is -0.347 e. The number of aromatic nitrogens is 3. The van der Waals surface area contributed by atoms with Gasteiger partial charge in [0, 0.05) is 35.5 Å². The lowest BCUT2D eigenvalue weighted by molar-refractivity contribution is 0.0927. The van der Waals surface area contributed by atoms with Gasteiger partial charge in [-0.3, -0.25) is 4.79 Å². The van der Waals surface area contributed by atoms with Crippen LogP contribution in [0.1, 0.15) is 48.2 Å². The Morgan fingerprint density at radius 2 is 2.05 bits per heavy atom. The molecule has 22 heavy (non-hydrogen) atoms. The van der Waals surface area contributed by atoms with Crippen LogP contribution in [0.15, 0.2) is 24.3 Å². The van der Waals surface area contributed by atoms with Gasteiger partial charge in [0.1, 0.15) is 11.6 Å². The van der Waals surface area contributed by atoms with Crippen LogP contribution < -0.4 is 5.32 Å². The van der Waals surface area contributed by atoms with E-state index in [0.717, 1.165) is 31.0 Å². The molecule has 3 rings (SSSR count). The molecule has 0 saturated carbocycles. The van der Waals surface area contributed by atoms with Crippen LogP contribution in [0.25, 0.3) is 0 Å². The number of carbonyl (C=O) groups is 1. The Labute approximate surface area is 134 Å². The molecule has 1 aliphatic rings. The summed E-state index contributed by atoms with van der Waals surface area (Å²) in [4.78, 5) is 12.3. The molecule has 5 nitrogen and oxygen atoms in total. The summed E-state index contributed by atoms with van der Waals surface area (Å²) in [5.41, 5.74) is 0.628. The highest BCUT2D eigenvalue weighted by atomic mass is 35.5. The third-order valence-electron chi connectivity index (χ3n) is 3.93. The normalized spacial score (nSPS) is 17.4. The minimum atomic E-state index is -0.0655. The SMILES string of the molecule is CC(C)c1nnc2n1C[C@H](NC(=O)c1ccc(Cl)cc1)CC2. The van der Waals surface area contributed by atoms with Crippen molar-refractivity contribution in [3.05, 3.63) is 46.5 Å². The molecular weight excluding hydrogens is 300 g/mol. The highest BCUT2D eigenvalue weighted by Crippen LogP contribution is 2.20. The number of fused-ring (bicyclic) bond motifs is 1. The molecule has 1 N–H and O–H groups in total. The molecule has 0 radical (unpaired) electrons. The van der Waals surface area contributed by atoms with E-state index in [1.807, 2.05) is 0 Å². The molecule has 0 unspecified atom stereocenters. The van der Waals surface area contributed by atoms with Crippen molar-refractivity contribution in [3.8, 4) is 0 Å². The van der Waals surface area contributed by atoms with E-state index in [4.69, 9.17) is 11.6 Å². The maximum atomic E-state index is 12.3. The van der Waals surface area contributed by atoms with Crippen LogP contribution in [-0.4, -0.2) is 26.7 Å². The van der Waals surface area contributed by atoms with Crippen LogP contribution in [0, 0.1) is 0 Å². The van der Waals surface area contributed by atoms with E-state index in [1.165, 1.54) is 0 Å². The number of rotatable bonds is 3. The van der Waals surface area contributed by atoms with E-state index in [2.05, 4.69) is 33.9 Å². The van der Waals surface area contributed by atoms with Crippen LogP contribution in [0.5, 0.6) is 0 Å². The molecule has 1 atom stereocenters. The second kappa shape index (κ2) is 6.08. The first-order valence-corrected chi connectivity index (χ1v) is 7.91. The van der Waals surface area contributed by atoms with Gasteiger partial charge in [-0.05, 0) is 30.7 Å². The molecule has 0 aliphatic carbocycles. The van der Waals surface area contributed by atoms with Gasteiger partial charge in [-0.15, -0.1) is 10.2 Å². The first-order valence-electron chi connectivity index (χ1n) is 7.53. The smallest absolute Gasteiger partial charge is 0.251 e. The number of aryl methyl sites for hydroxylation is 1. The number of hydrogen-bond donors (Lipinski definition) is 1. The molecule has 1 aromatic carbocycles. The quantitative estimate of drug-likeness (QED) is 0.946. The summed E-state index contributed by atoms with van der Waals surface area (Å²) in [5.74, 6) is 2.26. The van der Waals surface area contributed by atoms with Crippen molar-refractivity contribution in [1.29, 1.82) is 0 Å². The minimum absolute atomic E-state index is 0.0655. The molecule has 1 aliphatic heterocycles. The first kappa shape index (κ1) is 15.0. The Balaban J connectivity index is 1.71. The molecule has 2 heterocycles. The Kier molecular flexibility index (Phi) is 4.16. The van der Waals surface area contributed by atoms with Crippen molar-refractivity contribution in [2.24, 2.45) is 0 Å². The lowest BCUT2D eigenvalue weighted by Gasteiger charge is -2.26. The fourth-order valence-electron chi connectivity index (χ4n) is 2.76. The highest BCUT2D eigenvalue weighted by Gasteiger charge is 2.25. The molecule has 0 saturated heterocycles. The largest absolute Gasteiger partial charge is 0.347 e. The van der Waals surface area contributed by atoms with Crippen LogP contribution >= 0.6 is 11.6 Å². The van der Waals surface area contributed by atoms with Gasteiger partial charge < -0.3 is 9.88 Å². The maximum absolute atomic E-state index is 12.3. The maximum Gasteiger partial charge on any atom is 0.251 e. The zero-order valence-electron chi connectivity index (χ0n) is 12.7. The van der Waals surface area contributed by atoms with Gasteiger partial charge in [-0.2, -0.15) is 0 Å². The molecule has 1 amide bonds. The Morgan fingerprint density at radius 1 is 1.32 bits per heavy atom. The van der Waals surface area contributed by atoms with Crippen molar-refractivity contribution in [3.63, 3.8) is 0 Å². The Hall–Kier alpha value is -1.88. The van der Waals surface area contributed by atoms with Crippen LogP contribution in [0.2, 0.25) is 5.02 Å². The zero-order chi connectivity index (χ0) is 15.7. The lowest BCUT2D eigenvalue weighted by Crippen LogP contribution is -2.41. The predicted molar refractivity (Wildman–Crippen MR) is 85.1 cm³/mol. The van der Waals surface area contributed by atoms with Crippen molar-refractivity contribution in [2.75, 3.05) is 0 Å². The number of nitrogens with one attached hydrogen (secondary N) is 1. The van der Waals surface area contributed by atoms with E-state index in [9.17, 15) is 4.79 Å². The van der Waals surface area contributed by atoms with Gasteiger partial charge in [-0.1, -0.05) is 25.4 Å². The second-order valence-electron chi connectivity index (χ2n) is 5.96. The highest BCUT2D eigenvalue weighted by molar-refractivity contribution is 6.30. The molecule has 0 bridgehead atoms. The predicted octanol–water partition coefficient (Wildman–Crippen LogP) is 2.80. The average Bonchev–Trinajstić information content (AvgIpc) is 2.91.